The summed E-state index contributed by atoms with van der Waals surface area (Å²) in [6, 6.07) is 0.382. The minimum Gasteiger partial charge on any atom is -0.376 e. The Morgan fingerprint density at radius 3 is 2.55 bits per heavy atom. The molecule has 118 valence electrons. The second-order valence-corrected chi connectivity index (χ2v) is 7.05. The topological polar surface area (TPSA) is 21.3 Å². The molecule has 0 aromatic heterocycles. The summed E-state index contributed by atoms with van der Waals surface area (Å²) in [5.74, 6) is 0. The van der Waals surface area contributed by atoms with Crippen molar-refractivity contribution in [1.82, 2.24) is 5.32 Å². The average Bonchev–Trinajstić information content (AvgIpc) is 2.66. The molecule has 1 rings (SSSR count). The van der Waals surface area contributed by atoms with Gasteiger partial charge in [-0.3, -0.25) is 0 Å². The van der Waals surface area contributed by atoms with Crippen molar-refractivity contribution in [3.63, 3.8) is 0 Å². The normalized spacial score (nSPS) is 20.1. The first kappa shape index (κ1) is 17.7. The van der Waals surface area contributed by atoms with Crippen LogP contribution in [-0.2, 0) is 4.74 Å². The van der Waals surface area contributed by atoms with Crippen molar-refractivity contribution in [2.45, 2.75) is 85.3 Å². The molecule has 0 bridgehead atoms. The van der Waals surface area contributed by atoms with Crippen LogP contribution >= 0.6 is 0 Å². The summed E-state index contributed by atoms with van der Waals surface area (Å²) in [5.41, 5.74) is 1.75. The zero-order valence-electron chi connectivity index (χ0n) is 14.3. The van der Waals surface area contributed by atoms with Gasteiger partial charge in [-0.15, -0.1) is 0 Å². The van der Waals surface area contributed by atoms with E-state index in [4.69, 9.17) is 4.74 Å². The lowest BCUT2D eigenvalue weighted by molar-refractivity contribution is -0.0285. The van der Waals surface area contributed by atoms with Gasteiger partial charge >= 0.3 is 0 Å². The number of nitrogens with one attached hydrogen (secondary N) is 1. The minimum atomic E-state index is 0.161. The highest BCUT2D eigenvalue weighted by Gasteiger charge is 2.34. The first-order chi connectivity index (χ1) is 9.50. The highest BCUT2D eigenvalue weighted by molar-refractivity contribution is 5.16. The van der Waals surface area contributed by atoms with E-state index in [1.807, 2.05) is 0 Å². The molecule has 0 spiro atoms. The Morgan fingerprint density at radius 1 is 1.20 bits per heavy atom. The molecule has 2 atom stereocenters. The van der Waals surface area contributed by atoms with Gasteiger partial charge in [0.1, 0.15) is 0 Å². The van der Waals surface area contributed by atoms with Crippen LogP contribution in [0.2, 0.25) is 0 Å². The van der Waals surface area contributed by atoms with Crippen molar-refractivity contribution >= 4 is 0 Å². The molecular formula is C18H35NO. The van der Waals surface area contributed by atoms with Crippen molar-refractivity contribution in [2.24, 2.45) is 5.41 Å². The third kappa shape index (κ3) is 5.57. The van der Waals surface area contributed by atoms with Gasteiger partial charge in [-0.25, -0.2) is 0 Å². The number of hydrogen-bond donors (Lipinski definition) is 1. The lowest BCUT2D eigenvalue weighted by atomic mass is 9.80. The van der Waals surface area contributed by atoms with E-state index in [1.165, 1.54) is 38.5 Å². The summed E-state index contributed by atoms with van der Waals surface area (Å²) in [4.78, 5) is 0. The molecule has 0 saturated heterocycles. The Morgan fingerprint density at radius 2 is 1.95 bits per heavy atom. The van der Waals surface area contributed by atoms with E-state index >= 15 is 0 Å². The number of hydrogen-bond acceptors (Lipinski definition) is 2. The van der Waals surface area contributed by atoms with Gasteiger partial charge < -0.3 is 10.1 Å². The third-order valence-electron chi connectivity index (χ3n) is 4.09. The van der Waals surface area contributed by atoms with Gasteiger partial charge in [0.25, 0.3) is 0 Å². The minimum absolute atomic E-state index is 0.161. The highest BCUT2D eigenvalue weighted by Crippen LogP contribution is 2.31. The second kappa shape index (κ2) is 8.84. The molecule has 20 heavy (non-hydrogen) atoms. The first-order valence-corrected chi connectivity index (χ1v) is 8.54. The van der Waals surface area contributed by atoms with E-state index in [0.717, 1.165) is 13.2 Å². The lowest BCUT2D eigenvalue weighted by Crippen LogP contribution is -2.49. The van der Waals surface area contributed by atoms with Crippen molar-refractivity contribution in [3.05, 3.63) is 11.6 Å². The van der Waals surface area contributed by atoms with Crippen molar-refractivity contribution < 1.29 is 4.74 Å². The monoisotopic (exact) mass is 281 g/mol. The third-order valence-corrected chi connectivity index (χ3v) is 4.09. The van der Waals surface area contributed by atoms with Crippen LogP contribution in [0.1, 0.15) is 73.1 Å². The van der Waals surface area contributed by atoms with E-state index in [-0.39, 0.29) is 11.5 Å². The van der Waals surface area contributed by atoms with Gasteiger partial charge in [0.15, 0.2) is 0 Å². The summed E-state index contributed by atoms with van der Waals surface area (Å²) in [6.07, 6.45) is 10.4. The van der Waals surface area contributed by atoms with Crippen LogP contribution in [0.5, 0.6) is 0 Å². The predicted molar refractivity (Wildman–Crippen MR) is 88.1 cm³/mol. The van der Waals surface area contributed by atoms with Crippen molar-refractivity contribution in [3.8, 4) is 0 Å². The van der Waals surface area contributed by atoms with Crippen LogP contribution in [0.25, 0.3) is 0 Å². The second-order valence-electron chi connectivity index (χ2n) is 7.05. The number of allylic oxidation sites excluding steroid dienone is 1. The Labute approximate surface area is 126 Å². The van der Waals surface area contributed by atoms with Crippen LogP contribution in [0.3, 0.4) is 0 Å². The van der Waals surface area contributed by atoms with Crippen LogP contribution in [0.4, 0.5) is 0 Å². The van der Waals surface area contributed by atoms with Crippen LogP contribution < -0.4 is 5.32 Å². The van der Waals surface area contributed by atoms with Gasteiger partial charge in [0.05, 0.1) is 12.1 Å². The fourth-order valence-electron chi connectivity index (χ4n) is 3.08. The maximum absolute atomic E-state index is 6.16. The van der Waals surface area contributed by atoms with Crippen molar-refractivity contribution in [1.29, 1.82) is 0 Å². The molecule has 1 aliphatic rings. The fraction of sp³-hybridized carbons (Fsp3) is 0.889. The van der Waals surface area contributed by atoms with E-state index in [0.29, 0.717) is 6.04 Å². The van der Waals surface area contributed by atoms with Crippen molar-refractivity contribution in [2.75, 3.05) is 13.2 Å². The predicted octanol–water partition coefficient (Wildman–Crippen LogP) is 4.70. The van der Waals surface area contributed by atoms with Crippen LogP contribution in [0, 0.1) is 5.41 Å². The van der Waals surface area contributed by atoms with E-state index < -0.39 is 0 Å². The summed E-state index contributed by atoms with van der Waals surface area (Å²) in [7, 11) is 0. The van der Waals surface area contributed by atoms with Crippen LogP contribution in [0.15, 0.2) is 11.6 Å². The Balaban J connectivity index is 2.91. The highest BCUT2D eigenvalue weighted by atomic mass is 16.5. The average molecular weight is 281 g/mol. The SMILES string of the molecule is CCCNC(C1=CCCCCC1)C(OCC)C(C)(C)C. The zero-order chi connectivity index (χ0) is 15.0. The standard InChI is InChI=1S/C18H35NO/c1-6-14-19-16(15-12-10-8-9-11-13-15)17(20-7-2)18(3,4)5/h12,16-17,19H,6-11,13-14H2,1-5H3. The maximum atomic E-state index is 6.16. The molecule has 0 heterocycles. The van der Waals surface area contributed by atoms with Gasteiger partial charge in [0.2, 0.25) is 0 Å². The maximum Gasteiger partial charge on any atom is 0.0814 e. The smallest absolute Gasteiger partial charge is 0.0814 e. The van der Waals surface area contributed by atoms with Crippen LogP contribution in [-0.4, -0.2) is 25.3 Å². The molecule has 0 amide bonds. The zero-order valence-corrected chi connectivity index (χ0v) is 14.3. The van der Waals surface area contributed by atoms with Gasteiger partial charge in [-0.05, 0) is 51.0 Å². The molecule has 2 unspecified atom stereocenters. The molecule has 0 fully saturated rings. The van der Waals surface area contributed by atoms with Gasteiger partial charge in [0, 0.05) is 6.61 Å². The molecule has 0 radical (unpaired) electrons. The summed E-state index contributed by atoms with van der Waals surface area (Å²) >= 11 is 0. The molecule has 1 N–H and O–H groups in total. The largest absolute Gasteiger partial charge is 0.376 e. The number of ether oxygens (including phenoxy) is 1. The summed E-state index contributed by atoms with van der Waals surface area (Å²) < 4.78 is 6.16. The summed E-state index contributed by atoms with van der Waals surface area (Å²) in [6.45, 7) is 13.1. The Hall–Kier alpha value is -0.340. The molecule has 0 aromatic rings. The molecule has 1 aliphatic carbocycles. The molecule has 0 saturated carbocycles. The quantitative estimate of drug-likeness (QED) is 0.683. The van der Waals surface area contributed by atoms with E-state index in [2.05, 4.69) is 46.0 Å². The first-order valence-electron chi connectivity index (χ1n) is 8.54. The lowest BCUT2D eigenvalue weighted by Gasteiger charge is -2.38. The molecule has 0 aliphatic heterocycles. The molecular weight excluding hydrogens is 246 g/mol. The van der Waals surface area contributed by atoms with Gasteiger partial charge in [-0.2, -0.15) is 0 Å². The Kier molecular flexibility index (Phi) is 7.83. The Bertz CT molecular complexity index is 290. The molecule has 2 heteroatoms. The molecule has 2 nitrogen and oxygen atoms in total. The fourth-order valence-corrected chi connectivity index (χ4v) is 3.08. The van der Waals surface area contributed by atoms with E-state index in [9.17, 15) is 0 Å². The summed E-state index contributed by atoms with van der Waals surface area (Å²) in [5, 5.41) is 3.77. The number of rotatable bonds is 7. The molecule has 0 aromatic carbocycles. The van der Waals surface area contributed by atoms with Gasteiger partial charge in [-0.1, -0.05) is 45.8 Å². The van der Waals surface area contributed by atoms with E-state index in [1.54, 1.807) is 5.57 Å².